The predicted octanol–water partition coefficient (Wildman–Crippen LogP) is 2.10. The molecule has 6 nitrogen and oxygen atoms in total. The summed E-state index contributed by atoms with van der Waals surface area (Å²) in [4.78, 5) is 14.0. The fourth-order valence-electron chi connectivity index (χ4n) is 3.36. The average molecular weight is 340 g/mol. The van der Waals surface area contributed by atoms with Crippen molar-refractivity contribution < 1.29 is 9.47 Å². The van der Waals surface area contributed by atoms with Crippen molar-refractivity contribution in [2.24, 2.45) is 0 Å². The molecule has 2 aromatic rings. The number of anilines is 1. The van der Waals surface area contributed by atoms with Crippen molar-refractivity contribution in [3.63, 3.8) is 0 Å². The van der Waals surface area contributed by atoms with Crippen LogP contribution in [-0.4, -0.2) is 53.8 Å². The molecule has 0 bridgehead atoms. The molecule has 0 saturated carbocycles. The smallest absolute Gasteiger partial charge is 0.239 e. The lowest BCUT2D eigenvalue weighted by Gasteiger charge is -2.34. The predicted molar refractivity (Wildman–Crippen MR) is 95.7 cm³/mol. The highest BCUT2D eigenvalue weighted by molar-refractivity contribution is 5.41. The minimum Gasteiger partial charge on any atom is -0.475 e. The van der Waals surface area contributed by atoms with E-state index >= 15 is 0 Å². The summed E-state index contributed by atoms with van der Waals surface area (Å²) in [5, 5.41) is 0. The van der Waals surface area contributed by atoms with Gasteiger partial charge in [0.1, 0.15) is 12.3 Å². The molecule has 0 N–H and O–H groups in total. The highest BCUT2D eigenvalue weighted by atomic mass is 16.5. The van der Waals surface area contributed by atoms with E-state index in [4.69, 9.17) is 14.5 Å². The standard InChI is InChI=1S/C19H24N4O2/c1-15-14-24-9-8-23(15)18-11-20-17-13-22(7-10-25-19(17)21-18)12-16-5-3-2-4-6-16/h2-6,11,15H,7-10,12-14H2,1H3/t15-/m1/s1. The first-order chi connectivity index (χ1) is 12.3. The maximum Gasteiger partial charge on any atom is 0.239 e. The lowest BCUT2D eigenvalue weighted by Crippen LogP contribution is -2.44. The molecule has 2 aliphatic rings. The van der Waals surface area contributed by atoms with E-state index in [0.29, 0.717) is 18.5 Å². The zero-order valence-electron chi connectivity index (χ0n) is 14.6. The quantitative estimate of drug-likeness (QED) is 0.853. The Morgan fingerprint density at radius 1 is 1.16 bits per heavy atom. The fraction of sp³-hybridized carbons (Fsp3) is 0.474. The molecule has 0 amide bonds. The summed E-state index contributed by atoms with van der Waals surface area (Å²) in [6.07, 6.45) is 1.87. The number of hydrogen-bond acceptors (Lipinski definition) is 6. The van der Waals surface area contributed by atoms with Gasteiger partial charge in [-0.1, -0.05) is 30.3 Å². The first kappa shape index (κ1) is 16.3. The van der Waals surface area contributed by atoms with Crippen LogP contribution in [0.25, 0.3) is 0 Å². The number of hydrogen-bond donors (Lipinski definition) is 0. The van der Waals surface area contributed by atoms with Crippen LogP contribution in [0, 0.1) is 0 Å². The number of fused-ring (bicyclic) bond motifs is 1. The Morgan fingerprint density at radius 3 is 2.88 bits per heavy atom. The monoisotopic (exact) mass is 340 g/mol. The molecule has 132 valence electrons. The summed E-state index contributed by atoms with van der Waals surface area (Å²) in [6.45, 7) is 7.61. The van der Waals surface area contributed by atoms with Crippen molar-refractivity contribution in [3.8, 4) is 5.88 Å². The Labute approximate surface area is 148 Å². The summed E-state index contributed by atoms with van der Waals surface area (Å²) in [5.74, 6) is 1.55. The highest BCUT2D eigenvalue weighted by Crippen LogP contribution is 2.25. The van der Waals surface area contributed by atoms with E-state index in [1.165, 1.54) is 5.56 Å². The molecule has 2 aliphatic heterocycles. The number of ether oxygens (including phenoxy) is 2. The van der Waals surface area contributed by atoms with Gasteiger partial charge in [-0.05, 0) is 12.5 Å². The van der Waals surface area contributed by atoms with Crippen LogP contribution in [-0.2, 0) is 17.8 Å². The van der Waals surface area contributed by atoms with Crippen molar-refractivity contribution in [3.05, 3.63) is 47.8 Å². The normalized spacial score (nSPS) is 21.3. The first-order valence-electron chi connectivity index (χ1n) is 8.89. The largest absolute Gasteiger partial charge is 0.475 e. The third-order valence-electron chi connectivity index (χ3n) is 4.73. The Morgan fingerprint density at radius 2 is 2.04 bits per heavy atom. The Balaban J connectivity index is 1.50. The zero-order valence-corrected chi connectivity index (χ0v) is 14.6. The summed E-state index contributed by atoms with van der Waals surface area (Å²) >= 11 is 0. The lowest BCUT2D eigenvalue weighted by atomic mass is 10.2. The van der Waals surface area contributed by atoms with Crippen molar-refractivity contribution >= 4 is 5.82 Å². The molecule has 0 spiro atoms. The molecule has 1 saturated heterocycles. The van der Waals surface area contributed by atoms with Crippen molar-refractivity contribution in [1.29, 1.82) is 0 Å². The van der Waals surface area contributed by atoms with E-state index < -0.39 is 0 Å². The molecule has 1 aromatic heterocycles. The van der Waals surface area contributed by atoms with E-state index in [0.717, 1.165) is 50.9 Å². The van der Waals surface area contributed by atoms with E-state index in [-0.39, 0.29) is 0 Å². The van der Waals surface area contributed by atoms with Gasteiger partial charge in [-0.2, -0.15) is 4.98 Å². The van der Waals surface area contributed by atoms with Gasteiger partial charge in [0.15, 0.2) is 5.82 Å². The van der Waals surface area contributed by atoms with E-state index in [1.807, 2.05) is 12.3 Å². The van der Waals surface area contributed by atoms with Crippen molar-refractivity contribution in [1.82, 2.24) is 14.9 Å². The van der Waals surface area contributed by atoms with E-state index in [9.17, 15) is 0 Å². The SMILES string of the molecule is C[C@@H]1COCCN1c1cnc2c(n1)OCCN(Cc1ccccc1)C2. The minimum absolute atomic E-state index is 0.307. The Bertz CT molecular complexity index is 710. The van der Waals surface area contributed by atoms with Crippen LogP contribution in [0.2, 0.25) is 0 Å². The minimum atomic E-state index is 0.307. The molecule has 0 aliphatic carbocycles. The number of morpholine rings is 1. The molecule has 1 fully saturated rings. The molecule has 6 heteroatoms. The summed E-state index contributed by atoms with van der Waals surface area (Å²) in [6, 6.07) is 10.8. The molecule has 4 rings (SSSR count). The summed E-state index contributed by atoms with van der Waals surface area (Å²) in [7, 11) is 0. The summed E-state index contributed by atoms with van der Waals surface area (Å²) in [5.41, 5.74) is 2.22. The first-order valence-corrected chi connectivity index (χ1v) is 8.89. The highest BCUT2D eigenvalue weighted by Gasteiger charge is 2.24. The van der Waals surface area contributed by atoms with Crippen LogP contribution in [0.15, 0.2) is 36.5 Å². The second-order valence-electron chi connectivity index (χ2n) is 6.64. The van der Waals surface area contributed by atoms with Crippen LogP contribution in [0.4, 0.5) is 5.82 Å². The second-order valence-corrected chi connectivity index (χ2v) is 6.64. The average Bonchev–Trinajstić information content (AvgIpc) is 2.84. The van der Waals surface area contributed by atoms with Crippen LogP contribution < -0.4 is 9.64 Å². The van der Waals surface area contributed by atoms with Crippen molar-refractivity contribution in [2.75, 3.05) is 37.8 Å². The number of benzene rings is 1. The second kappa shape index (κ2) is 7.37. The molecular weight excluding hydrogens is 316 g/mol. The van der Waals surface area contributed by atoms with Gasteiger partial charge in [-0.15, -0.1) is 0 Å². The Hall–Kier alpha value is -2.18. The van der Waals surface area contributed by atoms with Gasteiger partial charge in [-0.3, -0.25) is 9.88 Å². The van der Waals surface area contributed by atoms with Crippen LogP contribution in [0.3, 0.4) is 0 Å². The van der Waals surface area contributed by atoms with Crippen LogP contribution >= 0.6 is 0 Å². The van der Waals surface area contributed by atoms with Crippen LogP contribution in [0.5, 0.6) is 5.88 Å². The maximum absolute atomic E-state index is 5.91. The molecule has 1 aromatic carbocycles. The lowest BCUT2D eigenvalue weighted by molar-refractivity contribution is 0.0984. The number of aromatic nitrogens is 2. The molecule has 25 heavy (non-hydrogen) atoms. The molecular formula is C19H24N4O2. The third kappa shape index (κ3) is 3.75. The van der Waals surface area contributed by atoms with Crippen LogP contribution in [0.1, 0.15) is 18.2 Å². The van der Waals surface area contributed by atoms with Gasteiger partial charge in [0.2, 0.25) is 5.88 Å². The van der Waals surface area contributed by atoms with Gasteiger partial charge in [0.25, 0.3) is 0 Å². The van der Waals surface area contributed by atoms with E-state index in [2.05, 4.69) is 46.0 Å². The third-order valence-corrected chi connectivity index (χ3v) is 4.73. The van der Waals surface area contributed by atoms with Gasteiger partial charge in [0.05, 0.1) is 25.5 Å². The number of nitrogens with zero attached hydrogens (tertiary/aromatic N) is 4. The van der Waals surface area contributed by atoms with E-state index in [1.54, 1.807) is 0 Å². The Kier molecular flexibility index (Phi) is 4.81. The van der Waals surface area contributed by atoms with Gasteiger partial charge >= 0.3 is 0 Å². The van der Waals surface area contributed by atoms with Gasteiger partial charge in [-0.25, -0.2) is 0 Å². The van der Waals surface area contributed by atoms with Crippen molar-refractivity contribution in [2.45, 2.75) is 26.1 Å². The molecule has 3 heterocycles. The molecule has 0 unspecified atom stereocenters. The fourth-order valence-corrected chi connectivity index (χ4v) is 3.36. The van der Waals surface area contributed by atoms with Gasteiger partial charge < -0.3 is 14.4 Å². The zero-order chi connectivity index (χ0) is 17.1. The molecule has 0 radical (unpaired) electrons. The summed E-state index contributed by atoms with van der Waals surface area (Å²) < 4.78 is 11.4. The van der Waals surface area contributed by atoms with Gasteiger partial charge in [0, 0.05) is 26.2 Å². The maximum atomic E-state index is 5.91. The molecule has 1 atom stereocenters. The topological polar surface area (TPSA) is 50.7 Å². The number of rotatable bonds is 3.